The van der Waals surface area contributed by atoms with Crippen molar-refractivity contribution in [1.82, 2.24) is 4.90 Å². The van der Waals surface area contributed by atoms with Crippen LogP contribution >= 0.6 is 12.2 Å². The number of amides is 1. The van der Waals surface area contributed by atoms with Gasteiger partial charge in [-0.1, -0.05) is 38.1 Å². The number of hydrogen-bond donors (Lipinski definition) is 0. The van der Waals surface area contributed by atoms with Crippen LogP contribution in [0.4, 0.5) is 5.69 Å². The number of benzene rings is 2. The van der Waals surface area contributed by atoms with Gasteiger partial charge in [0.05, 0.1) is 19.9 Å². The van der Waals surface area contributed by atoms with E-state index in [4.69, 9.17) is 21.7 Å². The largest absolute Gasteiger partial charge is 0.497 e. The maximum Gasteiger partial charge on any atom is 0.325 e. The quantitative estimate of drug-likeness (QED) is 0.397. The predicted octanol–water partition coefficient (Wildman–Crippen LogP) is 3.97. The van der Waals surface area contributed by atoms with Crippen molar-refractivity contribution in [3.05, 3.63) is 65.4 Å². The summed E-state index contributed by atoms with van der Waals surface area (Å²) in [5.41, 5.74) is 2.96. The van der Waals surface area contributed by atoms with E-state index >= 15 is 0 Å². The van der Waals surface area contributed by atoms with E-state index in [2.05, 4.69) is 13.8 Å². The van der Waals surface area contributed by atoms with Gasteiger partial charge < -0.3 is 14.4 Å². The summed E-state index contributed by atoms with van der Waals surface area (Å²) in [4.78, 5) is 28.2. The first kappa shape index (κ1) is 21.5. The smallest absolute Gasteiger partial charge is 0.325 e. The van der Waals surface area contributed by atoms with Gasteiger partial charge in [0.2, 0.25) is 0 Å². The minimum absolute atomic E-state index is 0.149. The molecule has 0 bridgehead atoms. The van der Waals surface area contributed by atoms with Crippen LogP contribution in [0.25, 0.3) is 6.08 Å². The first-order valence-electron chi connectivity index (χ1n) is 9.54. The maximum absolute atomic E-state index is 13.3. The molecule has 0 atom stereocenters. The van der Waals surface area contributed by atoms with Crippen LogP contribution in [0.15, 0.2) is 54.2 Å². The zero-order chi connectivity index (χ0) is 21.8. The standard InChI is InChI=1S/C23H24N2O4S/c1-15(2)17-7-5-16(6-8-17)13-20-22(27)25(18-9-11-19(28-3)12-10-18)23(30)24(20)14-21(26)29-4/h5-13,15H,14H2,1-4H3/b20-13-. The van der Waals surface area contributed by atoms with Crippen LogP contribution < -0.4 is 9.64 Å². The molecule has 7 heteroatoms. The Balaban J connectivity index is 2.00. The molecule has 1 amide bonds. The minimum atomic E-state index is -0.484. The molecule has 0 aliphatic carbocycles. The monoisotopic (exact) mass is 424 g/mol. The van der Waals surface area contributed by atoms with E-state index in [0.29, 0.717) is 23.1 Å². The molecule has 0 radical (unpaired) electrons. The Morgan fingerprint density at radius 1 is 1.07 bits per heavy atom. The third-order valence-corrected chi connectivity index (χ3v) is 5.29. The molecule has 1 aliphatic heterocycles. The van der Waals surface area contributed by atoms with Crippen molar-refractivity contribution >= 4 is 41.0 Å². The second-order valence-corrected chi connectivity index (χ2v) is 7.50. The average Bonchev–Trinajstić information content (AvgIpc) is 2.98. The molecule has 1 saturated heterocycles. The number of methoxy groups -OCH3 is 2. The van der Waals surface area contributed by atoms with Gasteiger partial charge >= 0.3 is 5.97 Å². The van der Waals surface area contributed by atoms with Crippen molar-refractivity contribution in [2.24, 2.45) is 0 Å². The molecule has 156 valence electrons. The van der Waals surface area contributed by atoms with Gasteiger partial charge in [0, 0.05) is 0 Å². The minimum Gasteiger partial charge on any atom is -0.497 e. The van der Waals surface area contributed by atoms with Crippen LogP contribution in [-0.2, 0) is 14.3 Å². The molecule has 1 fully saturated rings. The maximum atomic E-state index is 13.3. The lowest BCUT2D eigenvalue weighted by Gasteiger charge is -2.19. The third-order valence-electron chi connectivity index (χ3n) is 4.89. The summed E-state index contributed by atoms with van der Waals surface area (Å²) in [5, 5.41) is 0.223. The highest BCUT2D eigenvalue weighted by atomic mass is 32.1. The number of ether oxygens (including phenoxy) is 2. The zero-order valence-corrected chi connectivity index (χ0v) is 18.2. The number of hydrogen-bond acceptors (Lipinski definition) is 5. The number of carbonyl (C=O) groups is 2. The van der Waals surface area contributed by atoms with Gasteiger partial charge in [-0.3, -0.25) is 14.5 Å². The summed E-state index contributed by atoms with van der Waals surface area (Å²) in [6.45, 7) is 4.10. The molecule has 2 aromatic carbocycles. The van der Waals surface area contributed by atoms with Crippen LogP contribution in [0, 0.1) is 0 Å². The van der Waals surface area contributed by atoms with E-state index in [9.17, 15) is 9.59 Å². The Kier molecular flexibility index (Phi) is 6.52. The second-order valence-electron chi connectivity index (χ2n) is 7.13. The van der Waals surface area contributed by atoms with E-state index in [0.717, 1.165) is 5.56 Å². The molecule has 6 nitrogen and oxygen atoms in total. The van der Waals surface area contributed by atoms with Crippen molar-refractivity contribution in [2.75, 3.05) is 25.7 Å². The third kappa shape index (κ3) is 4.36. The Morgan fingerprint density at radius 2 is 1.70 bits per heavy atom. The number of esters is 1. The SMILES string of the molecule is COC(=O)CN1C(=S)N(c2ccc(OC)cc2)C(=O)/C1=C/c1ccc(C(C)C)cc1. The Labute approximate surface area is 181 Å². The molecule has 3 rings (SSSR count). The molecule has 0 aromatic heterocycles. The van der Waals surface area contributed by atoms with Crippen molar-refractivity contribution in [3.63, 3.8) is 0 Å². The fraction of sp³-hybridized carbons (Fsp3) is 0.261. The molecular formula is C23H24N2O4S. The Bertz CT molecular complexity index is 981. The average molecular weight is 425 g/mol. The van der Waals surface area contributed by atoms with E-state index < -0.39 is 5.97 Å². The number of nitrogens with zero attached hydrogens (tertiary/aromatic N) is 2. The second kappa shape index (κ2) is 9.09. The topological polar surface area (TPSA) is 59.1 Å². The van der Waals surface area contributed by atoms with E-state index in [1.807, 2.05) is 24.3 Å². The fourth-order valence-corrected chi connectivity index (χ4v) is 3.47. The van der Waals surface area contributed by atoms with Gasteiger partial charge in [-0.15, -0.1) is 0 Å². The highest BCUT2D eigenvalue weighted by Gasteiger charge is 2.40. The lowest BCUT2D eigenvalue weighted by Crippen LogP contribution is -2.35. The summed E-state index contributed by atoms with van der Waals surface area (Å²) < 4.78 is 9.97. The summed E-state index contributed by atoms with van der Waals surface area (Å²) in [5.74, 6) is 0.294. The molecule has 2 aromatic rings. The lowest BCUT2D eigenvalue weighted by molar-refractivity contribution is -0.140. The van der Waals surface area contributed by atoms with Crippen LogP contribution in [0.2, 0.25) is 0 Å². The van der Waals surface area contributed by atoms with E-state index in [-0.39, 0.29) is 17.6 Å². The number of carbonyl (C=O) groups excluding carboxylic acids is 2. The van der Waals surface area contributed by atoms with Crippen LogP contribution in [0.1, 0.15) is 30.9 Å². The molecule has 0 N–H and O–H groups in total. The molecule has 0 unspecified atom stereocenters. The number of anilines is 1. The van der Waals surface area contributed by atoms with Crippen LogP contribution in [-0.4, -0.2) is 42.7 Å². The van der Waals surface area contributed by atoms with Gasteiger partial charge in [-0.2, -0.15) is 0 Å². The lowest BCUT2D eigenvalue weighted by atomic mass is 10.0. The van der Waals surface area contributed by atoms with E-state index in [1.165, 1.54) is 22.5 Å². The first-order valence-corrected chi connectivity index (χ1v) is 9.95. The van der Waals surface area contributed by atoms with Gasteiger partial charge in [-0.25, -0.2) is 0 Å². The fourth-order valence-electron chi connectivity index (χ4n) is 3.12. The highest BCUT2D eigenvalue weighted by Crippen LogP contribution is 2.30. The van der Waals surface area contributed by atoms with Crippen LogP contribution in [0.3, 0.4) is 0 Å². The predicted molar refractivity (Wildman–Crippen MR) is 120 cm³/mol. The summed E-state index contributed by atoms with van der Waals surface area (Å²) in [6, 6.07) is 15.0. The zero-order valence-electron chi connectivity index (χ0n) is 17.4. The summed E-state index contributed by atoms with van der Waals surface area (Å²) in [7, 11) is 2.88. The van der Waals surface area contributed by atoms with Gasteiger partial charge in [0.1, 0.15) is 18.0 Å². The summed E-state index contributed by atoms with van der Waals surface area (Å²) >= 11 is 5.55. The van der Waals surface area contributed by atoms with Gasteiger partial charge in [0.25, 0.3) is 5.91 Å². The van der Waals surface area contributed by atoms with Crippen molar-refractivity contribution in [2.45, 2.75) is 19.8 Å². The van der Waals surface area contributed by atoms with Crippen molar-refractivity contribution in [1.29, 1.82) is 0 Å². The molecule has 0 spiro atoms. The molecular weight excluding hydrogens is 400 g/mol. The normalized spacial score (nSPS) is 15.3. The van der Waals surface area contributed by atoms with E-state index in [1.54, 1.807) is 37.5 Å². The van der Waals surface area contributed by atoms with Gasteiger partial charge in [0.15, 0.2) is 5.11 Å². The number of rotatable bonds is 6. The molecule has 30 heavy (non-hydrogen) atoms. The van der Waals surface area contributed by atoms with Gasteiger partial charge in [-0.05, 0) is 59.6 Å². The van der Waals surface area contributed by atoms with Crippen LogP contribution in [0.5, 0.6) is 5.75 Å². The van der Waals surface area contributed by atoms with Crippen molar-refractivity contribution < 1.29 is 19.1 Å². The summed E-state index contributed by atoms with van der Waals surface area (Å²) in [6.07, 6.45) is 1.74. The molecule has 1 heterocycles. The first-order chi connectivity index (χ1) is 14.3. The molecule has 1 aliphatic rings. The number of thiocarbonyl (C=S) groups is 1. The van der Waals surface area contributed by atoms with Crippen molar-refractivity contribution in [3.8, 4) is 5.75 Å². The highest BCUT2D eigenvalue weighted by molar-refractivity contribution is 7.80. The Hall–Kier alpha value is -3.19. The Morgan fingerprint density at radius 3 is 2.23 bits per heavy atom. The molecule has 0 saturated carbocycles.